The lowest BCUT2D eigenvalue weighted by Gasteiger charge is -2.12. The number of fused-ring (bicyclic) bond motifs is 1. The second kappa shape index (κ2) is 8.81. The molecule has 0 radical (unpaired) electrons. The van der Waals surface area contributed by atoms with Crippen molar-refractivity contribution in [2.45, 2.75) is 18.2 Å². The van der Waals surface area contributed by atoms with Crippen LogP contribution >= 0.6 is 11.8 Å². The molecule has 0 saturated carbocycles. The highest BCUT2D eigenvalue weighted by molar-refractivity contribution is 7.99. The molecule has 0 unspecified atom stereocenters. The van der Waals surface area contributed by atoms with Gasteiger partial charge in [-0.15, -0.1) is 11.8 Å². The Morgan fingerprint density at radius 1 is 1.07 bits per heavy atom. The van der Waals surface area contributed by atoms with Gasteiger partial charge in [0.1, 0.15) is 0 Å². The zero-order valence-electron chi connectivity index (χ0n) is 15.9. The van der Waals surface area contributed by atoms with Crippen LogP contribution in [-0.4, -0.2) is 43.3 Å². The van der Waals surface area contributed by atoms with Gasteiger partial charge in [-0.05, 0) is 42.5 Å². The van der Waals surface area contributed by atoms with Crippen LogP contribution in [0.4, 0.5) is 5.95 Å². The van der Waals surface area contributed by atoms with Gasteiger partial charge in [0.05, 0.1) is 32.4 Å². The van der Waals surface area contributed by atoms with E-state index >= 15 is 0 Å². The van der Waals surface area contributed by atoms with E-state index < -0.39 is 0 Å². The number of nitrogens with one attached hydrogen (secondary N) is 1. The van der Waals surface area contributed by atoms with E-state index in [0.717, 1.165) is 28.8 Å². The number of hydrogen-bond donors (Lipinski definition) is 1. The Bertz CT molecular complexity index is 928. The van der Waals surface area contributed by atoms with Crippen LogP contribution in [0.25, 0.3) is 11.0 Å². The normalized spacial score (nSPS) is 11.3. The third-order valence-electron chi connectivity index (χ3n) is 3.94. The summed E-state index contributed by atoms with van der Waals surface area (Å²) >= 11 is 1.84. The van der Waals surface area contributed by atoms with Crippen LogP contribution in [0.15, 0.2) is 40.2 Å². The summed E-state index contributed by atoms with van der Waals surface area (Å²) in [5.41, 5.74) is 2.70. The lowest BCUT2D eigenvalue weighted by atomic mass is 10.2. The van der Waals surface area contributed by atoms with E-state index in [1.165, 1.54) is 4.90 Å². The van der Waals surface area contributed by atoms with Gasteiger partial charge in [-0.3, -0.25) is 0 Å². The number of imidazole rings is 1. The van der Waals surface area contributed by atoms with Crippen LogP contribution in [0.3, 0.4) is 0 Å². The van der Waals surface area contributed by atoms with Crippen LogP contribution < -0.4 is 14.2 Å². The smallest absolute Gasteiger partial charge is 0.227 e. The second-order valence-corrected chi connectivity index (χ2v) is 6.97. The minimum absolute atomic E-state index is 0.552. The first-order chi connectivity index (χ1) is 13.2. The molecule has 0 fully saturated rings. The monoisotopic (exact) mass is 385 g/mol. The molecule has 1 aromatic heterocycles. The molecule has 0 spiro atoms. The summed E-state index contributed by atoms with van der Waals surface area (Å²) in [6.45, 7) is 2.18. The zero-order chi connectivity index (χ0) is 19.2. The molecular weight excluding hydrogens is 362 g/mol. The molecule has 7 heteroatoms. The van der Waals surface area contributed by atoms with Gasteiger partial charge in [0.2, 0.25) is 11.7 Å². The molecule has 0 aliphatic heterocycles. The fourth-order valence-corrected chi connectivity index (χ4v) is 3.46. The summed E-state index contributed by atoms with van der Waals surface area (Å²) in [6, 6.07) is 9.90. The standard InChI is InChI=1S/C20H23N3O3S/c1-5-8-27-14-6-7-15-16(11-14)23-20(22-15)21-12-13-9-17(24-2)19(26-4)18(10-13)25-3/h6-7,9-12H,5,8H2,1-4H3,(H,22,23)/b21-12+. The number of benzene rings is 2. The Morgan fingerprint density at radius 3 is 2.44 bits per heavy atom. The molecule has 6 nitrogen and oxygen atoms in total. The number of aliphatic imine (C=N–C) groups is 1. The molecule has 3 aromatic rings. The number of hydrogen-bond acceptors (Lipinski definition) is 6. The number of ether oxygens (including phenoxy) is 3. The van der Waals surface area contributed by atoms with Gasteiger partial charge in [0, 0.05) is 16.7 Å². The summed E-state index contributed by atoms with van der Waals surface area (Å²) in [7, 11) is 4.76. The van der Waals surface area contributed by atoms with Crippen molar-refractivity contribution in [2.24, 2.45) is 4.99 Å². The Labute approximate surface area is 163 Å². The molecule has 3 rings (SSSR count). The van der Waals surface area contributed by atoms with Gasteiger partial charge < -0.3 is 19.2 Å². The number of aromatic nitrogens is 2. The zero-order valence-corrected chi connectivity index (χ0v) is 16.7. The maximum atomic E-state index is 5.37. The van der Waals surface area contributed by atoms with Crippen molar-refractivity contribution in [3.63, 3.8) is 0 Å². The Hall–Kier alpha value is -2.67. The predicted octanol–water partition coefficient (Wildman–Crippen LogP) is 4.84. The number of thioether (sulfide) groups is 1. The highest BCUT2D eigenvalue weighted by Gasteiger charge is 2.12. The topological polar surface area (TPSA) is 68.7 Å². The van der Waals surface area contributed by atoms with E-state index in [9.17, 15) is 0 Å². The molecule has 0 amide bonds. The molecule has 27 heavy (non-hydrogen) atoms. The third kappa shape index (κ3) is 4.36. The average Bonchev–Trinajstić information content (AvgIpc) is 3.11. The Balaban J connectivity index is 1.87. The first-order valence-corrected chi connectivity index (χ1v) is 9.63. The molecule has 1 N–H and O–H groups in total. The van der Waals surface area contributed by atoms with Gasteiger partial charge in [-0.25, -0.2) is 9.98 Å². The quantitative estimate of drug-likeness (QED) is 0.444. The highest BCUT2D eigenvalue weighted by Crippen LogP contribution is 2.37. The molecule has 0 aliphatic carbocycles. The number of methoxy groups -OCH3 is 3. The van der Waals surface area contributed by atoms with Crippen LogP contribution in [0.2, 0.25) is 0 Å². The van der Waals surface area contributed by atoms with Crippen molar-refractivity contribution in [2.75, 3.05) is 27.1 Å². The van der Waals surface area contributed by atoms with Gasteiger partial charge in [0.15, 0.2) is 11.5 Å². The summed E-state index contributed by atoms with van der Waals surface area (Å²) in [4.78, 5) is 13.5. The number of nitrogens with zero attached hydrogens (tertiary/aromatic N) is 2. The van der Waals surface area contributed by atoms with Crippen LogP contribution in [0.5, 0.6) is 17.2 Å². The fraction of sp³-hybridized carbons (Fsp3) is 0.300. The molecular formula is C20H23N3O3S. The largest absolute Gasteiger partial charge is 0.493 e. The van der Waals surface area contributed by atoms with E-state index in [0.29, 0.717) is 23.2 Å². The lowest BCUT2D eigenvalue weighted by molar-refractivity contribution is 0.324. The van der Waals surface area contributed by atoms with Crippen molar-refractivity contribution in [3.8, 4) is 17.2 Å². The van der Waals surface area contributed by atoms with E-state index in [4.69, 9.17) is 14.2 Å². The van der Waals surface area contributed by atoms with E-state index in [2.05, 4.69) is 34.0 Å². The summed E-state index contributed by atoms with van der Waals surface area (Å²) in [5, 5.41) is 0. The van der Waals surface area contributed by atoms with E-state index in [1.807, 2.05) is 30.0 Å². The third-order valence-corrected chi connectivity index (χ3v) is 5.14. The van der Waals surface area contributed by atoms with Gasteiger partial charge in [-0.2, -0.15) is 0 Å². The van der Waals surface area contributed by atoms with Crippen molar-refractivity contribution in [1.29, 1.82) is 0 Å². The van der Waals surface area contributed by atoms with Crippen LogP contribution in [0.1, 0.15) is 18.9 Å². The first kappa shape index (κ1) is 19.1. The average molecular weight is 385 g/mol. The maximum Gasteiger partial charge on any atom is 0.227 e. The fourth-order valence-electron chi connectivity index (χ4n) is 2.66. The van der Waals surface area contributed by atoms with Crippen molar-refractivity contribution in [3.05, 3.63) is 35.9 Å². The van der Waals surface area contributed by atoms with Crippen molar-refractivity contribution in [1.82, 2.24) is 9.97 Å². The molecule has 0 atom stereocenters. The van der Waals surface area contributed by atoms with Crippen LogP contribution in [0, 0.1) is 0 Å². The molecule has 1 heterocycles. The van der Waals surface area contributed by atoms with E-state index in [-0.39, 0.29) is 0 Å². The molecule has 2 aromatic carbocycles. The minimum atomic E-state index is 0.552. The van der Waals surface area contributed by atoms with Gasteiger partial charge >= 0.3 is 0 Å². The molecule has 0 bridgehead atoms. The summed E-state index contributed by atoms with van der Waals surface area (Å²) in [5.74, 6) is 3.38. The van der Waals surface area contributed by atoms with Gasteiger partial charge in [-0.1, -0.05) is 6.92 Å². The first-order valence-electron chi connectivity index (χ1n) is 8.65. The summed E-state index contributed by atoms with van der Waals surface area (Å²) < 4.78 is 16.1. The van der Waals surface area contributed by atoms with Crippen molar-refractivity contribution < 1.29 is 14.2 Å². The second-order valence-electron chi connectivity index (χ2n) is 5.80. The number of rotatable bonds is 8. The van der Waals surface area contributed by atoms with E-state index in [1.54, 1.807) is 27.5 Å². The molecule has 0 saturated heterocycles. The minimum Gasteiger partial charge on any atom is -0.493 e. The SMILES string of the molecule is CCCSc1ccc2nc(/N=C/c3cc(OC)c(OC)c(OC)c3)[nH]c2c1. The lowest BCUT2D eigenvalue weighted by Crippen LogP contribution is -1.96. The van der Waals surface area contributed by atoms with Crippen LogP contribution in [-0.2, 0) is 0 Å². The van der Waals surface area contributed by atoms with Gasteiger partial charge in [0.25, 0.3) is 0 Å². The number of aromatic amines is 1. The Morgan fingerprint density at radius 2 is 1.81 bits per heavy atom. The maximum absolute atomic E-state index is 5.37. The van der Waals surface area contributed by atoms with Crippen molar-refractivity contribution >= 4 is 35.0 Å². The summed E-state index contributed by atoms with van der Waals surface area (Å²) in [6.07, 6.45) is 2.87. The predicted molar refractivity (Wildman–Crippen MR) is 110 cm³/mol. The molecule has 142 valence electrons. The molecule has 0 aliphatic rings. The number of H-pyrrole nitrogens is 1. The Kier molecular flexibility index (Phi) is 6.24. The highest BCUT2D eigenvalue weighted by atomic mass is 32.2.